The average Bonchev–Trinajstić information content (AvgIpc) is 2.28. The first kappa shape index (κ1) is 17.7. The second-order valence-electron chi connectivity index (χ2n) is 3.94. The number of amides is 1. The van der Waals surface area contributed by atoms with Crippen LogP contribution in [0.4, 0.5) is 13.2 Å². The van der Waals surface area contributed by atoms with Gasteiger partial charge in [-0.1, -0.05) is 12.1 Å². The Morgan fingerprint density at radius 3 is 2.53 bits per heavy atom. The fraction of sp³-hybridized carbons (Fsp3) is 0.417. The van der Waals surface area contributed by atoms with Crippen molar-refractivity contribution in [1.29, 1.82) is 0 Å². The number of nitrogens with one attached hydrogen (secondary N) is 2. The highest BCUT2D eigenvalue weighted by atomic mass is 35.5. The molecular weight excluding hydrogens is 281 g/mol. The topological polar surface area (TPSA) is 41.1 Å². The Morgan fingerprint density at radius 2 is 2.00 bits per heavy atom. The Morgan fingerprint density at radius 1 is 1.37 bits per heavy atom. The fourth-order valence-electron chi connectivity index (χ4n) is 1.52. The molecule has 1 amide bonds. The first-order valence-corrected chi connectivity index (χ1v) is 5.45. The number of carbonyl (C=O) groups excluding carboxylic acids is 1. The quantitative estimate of drug-likeness (QED) is 0.896. The van der Waals surface area contributed by atoms with Gasteiger partial charge in [0.1, 0.15) is 0 Å². The maximum atomic E-state index is 12.5. The van der Waals surface area contributed by atoms with Gasteiger partial charge in [-0.2, -0.15) is 13.2 Å². The van der Waals surface area contributed by atoms with Crippen molar-refractivity contribution in [2.75, 3.05) is 13.6 Å². The van der Waals surface area contributed by atoms with Crippen LogP contribution < -0.4 is 10.6 Å². The van der Waals surface area contributed by atoms with E-state index < -0.39 is 17.8 Å². The van der Waals surface area contributed by atoms with Crippen LogP contribution in [-0.4, -0.2) is 19.5 Å². The lowest BCUT2D eigenvalue weighted by Crippen LogP contribution is -2.34. The van der Waals surface area contributed by atoms with Crippen LogP contribution >= 0.6 is 12.4 Å². The lowest BCUT2D eigenvalue weighted by atomic mass is 10.0. The summed E-state index contributed by atoms with van der Waals surface area (Å²) in [6.07, 6.45) is -4.37. The van der Waals surface area contributed by atoms with E-state index in [0.717, 1.165) is 12.1 Å². The van der Waals surface area contributed by atoms with Gasteiger partial charge in [0, 0.05) is 0 Å². The summed E-state index contributed by atoms with van der Waals surface area (Å²) in [6, 6.07) is 4.47. The molecule has 0 aliphatic heterocycles. The van der Waals surface area contributed by atoms with Crippen molar-refractivity contribution in [1.82, 2.24) is 10.6 Å². The summed E-state index contributed by atoms with van der Waals surface area (Å²) in [7, 11) is 1.62. The predicted octanol–water partition coefficient (Wildman–Crippen LogP) is 2.52. The van der Waals surface area contributed by atoms with Gasteiger partial charge in [-0.15, -0.1) is 12.4 Å². The largest absolute Gasteiger partial charge is 0.416 e. The van der Waals surface area contributed by atoms with Gasteiger partial charge in [-0.05, 0) is 31.7 Å². The molecule has 0 spiro atoms. The number of hydrogen-bond donors (Lipinski definition) is 2. The first-order valence-electron chi connectivity index (χ1n) is 5.45. The van der Waals surface area contributed by atoms with E-state index in [4.69, 9.17) is 0 Å². The van der Waals surface area contributed by atoms with Crippen LogP contribution in [0.2, 0.25) is 0 Å². The second kappa shape index (κ2) is 7.35. The lowest BCUT2D eigenvalue weighted by molar-refractivity contribution is -0.137. The fourth-order valence-corrected chi connectivity index (χ4v) is 1.52. The zero-order valence-corrected chi connectivity index (χ0v) is 11.4. The molecule has 2 N–H and O–H groups in total. The Kier molecular flexibility index (Phi) is 6.86. The minimum Gasteiger partial charge on any atom is -0.348 e. The molecule has 1 rings (SSSR count). The maximum absolute atomic E-state index is 12.5. The smallest absolute Gasteiger partial charge is 0.348 e. The van der Waals surface area contributed by atoms with E-state index in [0.29, 0.717) is 5.56 Å². The number of carbonyl (C=O) groups is 1. The monoisotopic (exact) mass is 296 g/mol. The van der Waals surface area contributed by atoms with Gasteiger partial charge in [0.2, 0.25) is 5.91 Å². The molecule has 3 nitrogen and oxygen atoms in total. The molecule has 0 aromatic heterocycles. The zero-order valence-electron chi connectivity index (χ0n) is 10.5. The van der Waals surface area contributed by atoms with Gasteiger partial charge in [0.25, 0.3) is 0 Å². The van der Waals surface area contributed by atoms with Gasteiger partial charge in [-0.3, -0.25) is 4.79 Å². The maximum Gasteiger partial charge on any atom is 0.416 e. The number of halogens is 4. The molecule has 1 unspecified atom stereocenters. The van der Waals surface area contributed by atoms with Crippen molar-refractivity contribution in [3.8, 4) is 0 Å². The molecule has 1 atom stereocenters. The summed E-state index contributed by atoms with van der Waals surface area (Å²) in [5, 5.41) is 5.27. The van der Waals surface area contributed by atoms with Gasteiger partial charge in [-0.25, -0.2) is 0 Å². The summed E-state index contributed by atoms with van der Waals surface area (Å²) in [5.74, 6) is -0.262. The Labute approximate surface area is 116 Å². The van der Waals surface area contributed by atoms with E-state index in [1.165, 1.54) is 6.07 Å². The first-order chi connectivity index (χ1) is 8.34. The molecular formula is C12H16ClF3N2O. The third kappa shape index (κ3) is 5.48. The SMILES string of the molecule is CNCC(=O)NC(C)c1cccc(C(F)(F)F)c1.Cl. The molecule has 0 fully saturated rings. The third-order valence-electron chi connectivity index (χ3n) is 2.43. The van der Waals surface area contributed by atoms with Crippen LogP contribution in [0.15, 0.2) is 24.3 Å². The molecule has 0 heterocycles. The molecule has 0 radical (unpaired) electrons. The van der Waals surface area contributed by atoms with Crippen molar-refractivity contribution >= 4 is 18.3 Å². The standard InChI is InChI=1S/C12H15F3N2O.ClH/c1-8(17-11(18)7-16-2)9-4-3-5-10(6-9)12(13,14)15;/h3-6,8,16H,7H2,1-2H3,(H,17,18);1H. The van der Waals surface area contributed by atoms with Crippen LogP contribution in [0.3, 0.4) is 0 Å². The van der Waals surface area contributed by atoms with Gasteiger partial charge in [0.05, 0.1) is 18.2 Å². The van der Waals surface area contributed by atoms with Crippen molar-refractivity contribution in [3.63, 3.8) is 0 Å². The molecule has 19 heavy (non-hydrogen) atoms. The molecule has 0 saturated carbocycles. The highest BCUT2D eigenvalue weighted by molar-refractivity contribution is 5.85. The van der Waals surface area contributed by atoms with Crippen LogP contribution in [0.5, 0.6) is 0 Å². The van der Waals surface area contributed by atoms with Crippen molar-refractivity contribution in [3.05, 3.63) is 35.4 Å². The number of rotatable bonds is 4. The third-order valence-corrected chi connectivity index (χ3v) is 2.43. The van der Waals surface area contributed by atoms with E-state index >= 15 is 0 Å². The van der Waals surface area contributed by atoms with E-state index in [1.807, 2.05) is 0 Å². The molecule has 7 heteroatoms. The summed E-state index contributed by atoms with van der Waals surface area (Å²) >= 11 is 0. The van der Waals surface area contributed by atoms with Crippen LogP contribution in [0.1, 0.15) is 24.1 Å². The Bertz CT molecular complexity index is 424. The number of benzene rings is 1. The van der Waals surface area contributed by atoms with E-state index in [2.05, 4.69) is 10.6 Å². The van der Waals surface area contributed by atoms with E-state index in [1.54, 1.807) is 20.0 Å². The summed E-state index contributed by atoms with van der Waals surface area (Å²) in [6.45, 7) is 1.77. The van der Waals surface area contributed by atoms with E-state index in [9.17, 15) is 18.0 Å². The van der Waals surface area contributed by atoms with Gasteiger partial charge in [0.15, 0.2) is 0 Å². The van der Waals surface area contributed by atoms with Crippen molar-refractivity contribution < 1.29 is 18.0 Å². The average molecular weight is 297 g/mol. The molecule has 0 saturated heterocycles. The Balaban J connectivity index is 0.00000324. The molecule has 0 aliphatic carbocycles. The lowest BCUT2D eigenvalue weighted by Gasteiger charge is -2.16. The molecule has 1 aromatic carbocycles. The van der Waals surface area contributed by atoms with E-state index in [-0.39, 0.29) is 24.9 Å². The normalized spacial score (nSPS) is 12.5. The summed E-state index contributed by atoms with van der Waals surface area (Å²) < 4.78 is 37.6. The van der Waals surface area contributed by atoms with Crippen molar-refractivity contribution in [2.45, 2.75) is 19.1 Å². The Hall–Kier alpha value is -1.27. The van der Waals surface area contributed by atoms with Crippen LogP contribution in [0.25, 0.3) is 0 Å². The minimum atomic E-state index is -4.37. The number of alkyl halides is 3. The second-order valence-corrected chi connectivity index (χ2v) is 3.94. The van der Waals surface area contributed by atoms with Gasteiger partial charge >= 0.3 is 6.18 Å². The highest BCUT2D eigenvalue weighted by Crippen LogP contribution is 2.30. The molecule has 108 valence electrons. The molecule has 0 bridgehead atoms. The summed E-state index contributed by atoms with van der Waals surface area (Å²) in [4.78, 5) is 11.3. The summed E-state index contributed by atoms with van der Waals surface area (Å²) in [5.41, 5.74) is -0.288. The van der Waals surface area contributed by atoms with Crippen LogP contribution in [0, 0.1) is 0 Å². The molecule has 1 aromatic rings. The highest BCUT2D eigenvalue weighted by Gasteiger charge is 2.30. The van der Waals surface area contributed by atoms with Crippen LogP contribution in [-0.2, 0) is 11.0 Å². The number of hydrogen-bond acceptors (Lipinski definition) is 2. The molecule has 0 aliphatic rings. The zero-order chi connectivity index (χ0) is 13.8. The van der Waals surface area contributed by atoms with Gasteiger partial charge < -0.3 is 10.6 Å². The predicted molar refractivity (Wildman–Crippen MR) is 69.2 cm³/mol. The van der Waals surface area contributed by atoms with Crippen molar-refractivity contribution in [2.24, 2.45) is 0 Å². The minimum absolute atomic E-state index is 0. The number of likely N-dealkylation sites (N-methyl/N-ethyl adjacent to an activating group) is 1.